The van der Waals surface area contributed by atoms with E-state index in [9.17, 15) is 9.90 Å². The Hall–Kier alpha value is -1.59. The highest BCUT2D eigenvalue weighted by molar-refractivity contribution is 5.85. The first-order chi connectivity index (χ1) is 9.67. The number of likely N-dealkylation sites (N-methyl/N-ethyl adjacent to an activating group) is 1. The number of carbonyl (C=O) groups is 1. The number of nitrogens with one attached hydrogen (secondary N) is 1. The topological polar surface area (TPSA) is 61.8 Å². The lowest BCUT2D eigenvalue weighted by Crippen LogP contribution is -2.53. The molecule has 0 saturated carbocycles. The Morgan fingerprint density at radius 2 is 2.20 bits per heavy atom. The molecule has 110 valence electrons. The standard InChI is InChI=1S/C15H22N2O3/c1-3-14(18)11-4-6-12(7-5-11)17-8-9-20-10-13(17)15(19)16-2/h4-7,13-14,18H,3,8-10H2,1-2H3,(H,16,19)/t13?,14-/m1/s1. The van der Waals surface area contributed by atoms with Crippen LogP contribution in [0.2, 0.25) is 0 Å². The van der Waals surface area contributed by atoms with Gasteiger partial charge in [-0.25, -0.2) is 0 Å². The summed E-state index contributed by atoms with van der Waals surface area (Å²) in [5.41, 5.74) is 1.88. The van der Waals surface area contributed by atoms with Crippen molar-refractivity contribution in [2.24, 2.45) is 0 Å². The summed E-state index contributed by atoms with van der Waals surface area (Å²) >= 11 is 0. The Kier molecular flexibility index (Phi) is 4.98. The minimum atomic E-state index is -0.427. The molecule has 1 fully saturated rings. The molecule has 0 aliphatic carbocycles. The number of rotatable bonds is 4. The Bertz CT molecular complexity index is 447. The smallest absolute Gasteiger partial charge is 0.244 e. The van der Waals surface area contributed by atoms with E-state index in [4.69, 9.17) is 4.74 Å². The fraction of sp³-hybridized carbons (Fsp3) is 0.533. The van der Waals surface area contributed by atoms with Gasteiger partial charge in [0.15, 0.2) is 0 Å². The summed E-state index contributed by atoms with van der Waals surface area (Å²) in [6.45, 7) is 3.65. The lowest BCUT2D eigenvalue weighted by atomic mass is 10.1. The summed E-state index contributed by atoms with van der Waals surface area (Å²) in [5, 5.41) is 12.5. The van der Waals surface area contributed by atoms with Crippen molar-refractivity contribution in [3.8, 4) is 0 Å². The number of nitrogens with zero attached hydrogens (tertiary/aromatic N) is 1. The third-order valence-electron chi connectivity index (χ3n) is 3.67. The van der Waals surface area contributed by atoms with Crippen LogP contribution in [0.5, 0.6) is 0 Å². The van der Waals surface area contributed by atoms with E-state index in [1.807, 2.05) is 36.1 Å². The molecule has 1 aliphatic heterocycles. The Morgan fingerprint density at radius 1 is 1.50 bits per heavy atom. The van der Waals surface area contributed by atoms with Crippen LogP contribution in [0.4, 0.5) is 5.69 Å². The van der Waals surface area contributed by atoms with Gasteiger partial charge in [-0.2, -0.15) is 0 Å². The van der Waals surface area contributed by atoms with Crippen molar-refractivity contribution < 1.29 is 14.6 Å². The lowest BCUT2D eigenvalue weighted by Gasteiger charge is -2.36. The van der Waals surface area contributed by atoms with Gasteiger partial charge in [0.25, 0.3) is 0 Å². The first-order valence-electron chi connectivity index (χ1n) is 7.01. The van der Waals surface area contributed by atoms with Crippen molar-refractivity contribution in [1.82, 2.24) is 5.32 Å². The molecule has 2 rings (SSSR count). The molecule has 0 spiro atoms. The second-order valence-corrected chi connectivity index (χ2v) is 4.91. The van der Waals surface area contributed by atoms with Crippen LogP contribution in [0.3, 0.4) is 0 Å². The quantitative estimate of drug-likeness (QED) is 0.865. The van der Waals surface area contributed by atoms with E-state index in [-0.39, 0.29) is 11.9 Å². The molecule has 1 aromatic carbocycles. The van der Waals surface area contributed by atoms with Gasteiger partial charge in [-0.05, 0) is 24.1 Å². The maximum atomic E-state index is 11.9. The van der Waals surface area contributed by atoms with E-state index in [0.29, 0.717) is 26.2 Å². The molecular formula is C15H22N2O3. The van der Waals surface area contributed by atoms with E-state index in [1.165, 1.54) is 0 Å². The van der Waals surface area contributed by atoms with E-state index in [1.54, 1.807) is 7.05 Å². The SMILES string of the molecule is CC[C@@H](O)c1ccc(N2CCOCC2C(=O)NC)cc1. The number of anilines is 1. The van der Waals surface area contributed by atoms with Crippen molar-refractivity contribution >= 4 is 11.6 Å². The molecule has 5 heteroatoms. The molecule has 1 aromatic rings. The molecule has 1 saturated heterocycles. The highest BCUT2D eigenvalue weighted by atomic mass is 16.5. The van der Waals surface area contributed by atoms with Crippen LogP contribution in [0.15, 0.2) is 24.3 Å². The van der Waals surface area contributed by atoms with Crippen molar-refractivity contribution in [2.75, 3.05) is 31.7 Å². The number of benzene rings is 1. The average Bonchev–Trinajstić information content (AvgIpc) is 2.53. The maximum Gasteiger partial charge on any atom is 0.244 e. The largest absolute Gasteiger partial charge is 0.388 e. The van der Waals surface area contributed by atoms with Gasteiger partial charge >= 0.3 is 0 Å². The van der Waals surface area contributed by atoms with Gasteiger partial charge in [0.05, 0.1) is 19.3 Å². The van der Waals surface area contributed by atoms with E-state index in [2.05, 4.69) is 5.32 Å². The number of aliphatic hydroxyl groups is 1. The van der Waals surface area contributed by atoms with Crippen LogP contribution < -0.4 is 10.2 Å². The number of hydrogen-bond donors (Lipinski definition) is 2. The number of carbonyl (C=O) groups excluding carboxylic acids is 1. The highest BCUT2D eigenvalue weighted by Gasteiger charge is 2.28. The van der Waals surface area contributed by atoms with Gasteiger partial charge in [-0.3, -0.25) is 4.79 Å². The highest BCUT2D eigenvalue weighted by Crippen LogP contribution is 2.23. The molecule has 1 heterocycles. The van der Waals surface area contributed by atoms with Gasteiger partial charge in [-0.1, -0.05) is 19.1 Å². The maximum absolute atomic E-state index is 11.9. The number of morpholine rings is 1. The predicted molar refractivity (Wildman–Crippen MR) is 77.7 cm³/mol. The van der Waals surface area contributed by atoms with Crippen molar-refractivity contribution in [2.45, 2.75) is 25.5 Å². The minimum absolute atomic E-state index is 0.0395. The van der Waals surface area contributed by atoms with Crippen LogP contribution in [0.25, 0.3) is 0 Å². The van der Waals surface area contributed by atoms with Gasteiger partial charge in [0.2, 0.25) is 5.91 Å². The normalized spacial score (nSPS) is 20.6. The summed E-state index contributed by atoms with van der Waals surface area (Å²) in [7, 11) is 1.63. The lowest BCUT2D eigenvalue weighted by molar-refractivity contribution is -0.124. The number of aliphatic hydroxyl groups excluding tert-OH is 1. The first kappa shape index (κ1) is 14.8. The van der Waals surface area contributed by atoms with Crippen molar-refractivity contribution in [3.63, 3.8) is 0 Å². The second-order valence-electron chi connectivity index (χ2n) is 4.91. The molecule has 5 nitrogen and oxygen atoms in total. The Labute approximate surface area is 119 Å². The monoisotopic (exact) mass is 278 g/mol. The minimum Gasteiger partial charge on any atom is -0.388 e. The van der Waals surface area contributed by atoms with Gasteiger partial charge < -0.3 is 20.1 Å². The van der Waals surface area contributed by atoms with Crippen LogP contribution in [0.1, 0.15) is 25.0 Å². The zero-order valence-corrected chi connectivity index (χ0v) is 12.0. The second kappa shape index (κ2) is 6.72. The van der Waals surface area contributed by atoms with Crippen LogP contribution in [0, 0.1) is 0 Å². The third kappa shape index (κ3) is 3.11. The van der Waals surface area contributed by atoms with E-state index in [0.717, 1.165) is 11.3 Å². The van der Waals surface area contributed by atoms with Gasteiger partial charge in [-0.15, -0.1) is 0 Å². The average molecular weight is 278 g/mol. The van der Waals surface area contributed by atoms with Crippen molar-refractivity contribution in [3.05, 3.63) is 29.8 Å². The molecule has 20 heavy (non-hydrogen) atoms. The van der Waals surface area contributed by atoms with Crippen molar-refractivity contribution in [1.29, 1.82) is 0 Å². The zero-order valence-electron chi connectivity index (χ0n) is 12.0. The molecule has 0 radical (unpaired) electrons. The molecule has 1 amide bonds. The Balaban J connectivity index is 2.17. The fourth-order valence-electron chi connectivity index (χ4n) is 2.42. The molecule has 1 unspecified atom stereocenters. The number of ether oxygens (including phenoxy) is 1. The van der Waals surface area contributed by atoms with E-state index < -0.39 is 6.10 Å². The van der Waals surface area contributed by atoms with Crippen LogP contribution >= 0.6 is 0 Å². The van der Waals surface area contributed by atoms with Crippen LogP contribution in [-0.2, 0) is 9.53 Å². The molecule has 2 atom stereocenters. The molecule has 2 N–H and O–H groups in total. The molecule has 1 aliphatic rings. The summed E-state index contributed by atoms with van der Waals surface area (Å²) < 4.78 is 5.39. The molecule has 0 bridgehead atoms. The fourth-order valence-corrected chi connectivity index (χ4v) is 2.42. The summed E-state index contributed by atoms with van der Waals surface area (Å²) in [6, 6.07) is 7.45. The summed E-state index contributed by atoms with van der Waals surface area (Å²) in [5.74, 6) is -0.0395. The first-order valence-corrected chi connectivity index (χ1v) is 7.01. The Morgan fingerprint density at radius 3 is 2.80 bits per heavy atom. The molecule has 0 aromatic heterocycles. The molecular weight excluding hydrogens is 256 g/mol. The van der Waals surface area contributed by atoms with Gasteiger partial charge in [0, 0.05) is 19.3 Å². The van der Waals surface area contributed by atoms with Gasteiger partial charge in [0.1, 0.15) is 6.04 Å². The zero-order chi connectivity index (χ0) is 14.5. The predicted octanol–water partition coefficient (Wildman–Crippen LogP) is 1.08. The third-order valence-corrected chi connectivity index (χ3v) is 3.67. The number of hydrogen-bond acceptors (Lipinski definition) is 4. The van der Waals surface area contributed by atoms with Crippen LogP contribution in [-0.4, -0.2) is 43.9 Å². The van der Waals surface area contributed by atoms with E-state index >= 15 is 0 Å². The number of amides is 1. The summed E-state index contributed by atoms with van der Waals surface area (Å²) in [4.78, 5) is 13.9. The summed E-state index contributed by atoms with van der Waals surface area (Å²) in [6.07, 6.45) is 0.265.